The van der Waals surface area contributed by atoms with E-state index < -0.39 is 0 Å². The Bertz CT molecular complexity index is 202. The third-order valence-electron chi connectivity index (χ3n) is 0.904. The zero-order chi connectivity index (χ0) is 6.85. The van der Waals surface area contributed by atoms with Gasteiger partial charge in [0.25, 0.3) is 0 Å². The average molecular weight is 348 g/mol. The quantitative estimate of drug-likeness (QED) is 0.500. The van der Waals surface area contributed by atoms with Crippen molar-refractivity contribution in [2.45, 2.75) is 0 Å². The van der Waals surface area contributed by atoms with E-state index in [1.165, 1.54) is 0 Å². The summed E-state index contributed by atoms with van der Waals surface area (Å²) >= 11 is 3.94. The molecule has 0 amide bonds. The molecule has 0 aliphatic heterocycles. The molecular formula is C6H3FI2. The summed E-state index contributed by atoms with van der Waals surface area (Å²) in [5.74, 6) is -0.112. The number of rotatable bonds is 0. The van der Waals surface area contributed by atoms with Gasteiger partial charge in [0, 0.05) is 7.14 Å². The Balaban J connectivity index is 3.25. The molecule has 0 saturated heterocycles. The van der Waals surface area contributed by atoms with E-state index in [0.29, 0.717) is 7.14 Å². The van der Waals surface area contributed by atoms with Gasteiger partial charge < -0.3 is 0 Å². The predicted molar refractivity (Wildman–Crippen MR) is 51.8 cm³/mol. The van der Waals surface area contributed by atoms with Gasteiger partial charge in [-0.3, -0.25) is 0 Å². The molecule has 0 nitrogen and oxygen atoms in total. The minimum Gasteiger partial charge on any atom is -0.205 e. The summed E-state index contributed by atoms with van der Waals surface area (Å²) in [6.45, 7) is 0. The monoisotopic (exact) mass is 348 g/mol. The van der Waals surface area contributed by atoms with Crippen molar-refractivity contribution in [3.8, 4) is 0 Å². The first kappa shape index (κ1) is 7.71. The summed E-state index contributed by atoms with van der Waals surface area (Å²) in [5, 5.41) is 0. The Hall–Kier alpha value is 0.610. The second-order valence-electron chi connectivity index (χ2n) is 1.54. The van der Waals surface area contributed by atoms with Crippen LogP contribution in [0.5, 0.6) is 0 Å². The maximum absolute atomic E-state index is 12.7. The van der Waals surface area contributed by atoms with Crippen LogP contribution in [0.1, 0.15) is 0 Å². The third kappa shape index (κ3) is 1.76. The molecule has 0 heterocycles. The van der Waals surface area contributed by atoms with Gasteiger partial charge in [0.15, 0.2) is 0 Å². The highest BCUT2D eigenvalue weighted by atomic mass is 127. The largest absolute Gasteiger partial charge is 0.205 e. The Morgan fingerprint density at radius 2 is 1.56 bits per heavy atom. The van der Waals surface area contributed by atoms with Gasteiger partial charge in [-0.2, -0.15) is 0 Å². The van der Waals surface area contributed by atoms with Crippen LogP contribution >= 0.6 is 45.2 Å². The van der Waals surface area contributed by atoms with Crippen molar-refractivity contribution < 1.29 is 4.39 Å². The first-order valence-corrected chi connectivity index (χ1v) is 4.47. The fourth-order valence-corrected chi connectivity index (χ4v) is 1.99. The molecule has 0 bridgehead atoms. The van der Waals surface area contributed by atoms with Gasteiger partial charge in [-0.15, -0.1) is 0 Å². The molecule has 1 rings (SSSR count). The lowest BCUT2D eigenvalue weighted by Gasteiger charge is -1.93. The van der Waals surface area contributed by atoms with E-state index in [9.17, 15) is 4.39 Å². The Kier molecular flexibility index (Phi) is 2.69. The van der Waals surface area contributed by atoms with Crippen molar-refractivity contribution in [1.82, 2.24) is 0 Å². The van der Waals surface area contributed by atoms with E-state index in [0.717, 1.165) is 0 Å². The molecule has 1 aromatic rings. The predicted octanol–water partition coefficient (Wildman–Crippen LogP) is 3.03. The van der Waals surface area contributed by atoms with Crippen molar-refractivity contribution in [3.05, 3.63) is 31.2 Å². The number of hydrogen-bond acceptors (Lipinski definition) is 0. The molecule has 0 fully saturated rings. The van der Waals surface area contributed by atoms with E-state index in [1.54, 1.807) is 12.1 Å². The average Bonchev–Trinajstić information content (AvgIpc) is 1.83. The van der Waals surface area contributed by atoms with Crippen LogP contribution < -0.4 is 0 Å². The smallest absolute Gasteiger partial charge is 0.149 e. The molecule has 9 heavy (non-hydrogen) atoms. The van der Waals surface area contributed by atoms with Gasteiger partial charge in [-0.05, 0) is 57.3 Å². The van der Waals surface area contributed by atoms with E-state index in [2.05, 4.69) is 0 Å². The fraction of sp³-hybridized carbons (Fsp3) is 0. The molecule has 0 N–H and O–H groups in total. The highest BCUT2D eigenvalue weighted by Crippen LogP contribution is 2.15. The van der Waals surface area contributed by atoms with Crippen molar-refractivity contribution in [1.29, 1.82) is 0 Å². The van der Waals surface area contributed by atoms with Crippen molar-refractivity contribution in [2.24, 2.45) is 0 Å². The van der Waals surface area contributed by atoms with Crippen LogP contribution in [-0.4, -0.2) is 0 Å². The molecule has 48 valence electrons. The van der Waals surface area contributed by atoms with Crippen molar-refractivity contribution in [2.75, 3.05) is 0 Å². The molecule has 0 aliphatic carbocycles. The first-order valence-electron chi connectivity index (χ1n) is 2.31. The van der Waals surface area contributed by atoms with Crippen molar-refractivity contribution in [3.63, 3.8) is 0 Å². The van der Waals surface area contributed by atoms with Gasteiger partial charge in [0.2, 0.25) is 0 Å². The van der Waals surface area contributed by atoms with Gasteiger partial charge in [-0.1, -0.05) is 6.07 Å². The Morgan fingerprint density at radius 3 is 1.89 bits per heavy atom. The van der Waals surface area contributed by atoms with E-state index >= 15 is 0 Å². The normalized spacial score (nSPS) is 9.67. The van der Waals surface area contributed by atoms with Crippen LogP contribution in [-0.2, 0) is 0 Å². The molecule has 3 heteroatoms. The lowest BCUT2D eigenvalue weighted by molar-refractivity contribution is 0.613. The topological polar surface area (TPSA) is 0 Å². The van der Waals surface area contributed by atoms with Crippen molar-refractivity contribution >= 4 is 45.2 Å². The Labute approximate surface area is 80.1 Å². The van der Waals surface area contributed by atoms with Crippen LogP contribution in [0.2, 0.25) is 0 Å². The number of halogens is 3. The summed E-state index contributed by atoms with van der Waals surface area (Å²) in [6, 6.07) is 5.34. The molecule has 0 saturated carbocycles. The molecule has 0 aliphatic rings. The van der Waals surface area contributed by atoms with E-state index in [-0.39, 0.29) is 5.82 Å². The first-order chi connectivity index (χ1) is 4.22. The maximum Gasteiger partial charge on any atom is 0.149 e. The molecule has 0 spiro atoms. The fourth-order valence-electron chi connectivity index (χ4n) is 0.477. The number of benzene rings is 1. The molecule has 0 atom stereocenters. The minimum atomic E-state index is -0.112. The summed E-state index contributed by atoms with van der Waals surface area (Å²) < 4.78 is 14.1. The molecule has 1 aromatic carbocycles. The highest BCUT2D eigenvalue weighted by Gasteiger charge is 1.99. The van der Waals surface area contributed by atoms with Crippen LogP contribution in [0.3, 0.4) is 0 Å². The summed E-state index contributed by atoms with van der Waals surface area (Å²) in [5.41, 5.74) is 0. The van der Waals surface area contributed by atoms with E-state index in [4.69, 9.17) is 0 Å². The molecule has 0 aromatic heterocycles. The van der Waals surface area contributed by atoms with Crippen LogP contribution in [0, 0.1) is 13.0 Å². The van der Waals surface area contributed by atoms with Gasteiger partial charge in [-0.25, -0.2) is 4.39 Å². The lowest BCUT2D eigenvalue weighted by atomic mass is 10.4. The standard InChI is InChI=1S/C6H3FI2/c7-6-4(8)2-1-3-5(6)9/h1-3H. The third-order valence-corrected chi connectivity index (χ3v) is 2.57. The molecular weight excluding hydrogens is 345 g/mol. The van der Waals surface area contributed by atoms with Gasteiger partial charge in [0.1, 0.15) is 5.82 Å². The SMILES string of the molecule is Fc1c(I)cccc1I. The zero-order valence-corrected chi connectivity index (χ0v) is 8.68. The van der Waals surface area contributed by atoms with Crippen LogP contribution in [0.15, 0.2) is 18.2 Å². The molecule has 0 radical (unpaired) electrons. The van der Waals surface area contributed by atoms with Gasteiger partial charge >= 0.3 is 0 Å². The Morgan fingerprint density at radius 1 is 1.11 bits per heavy atom. The molecule has 0 unspecified atom stereocenters. The zero-order valence-electron chi connectivity index (χ0n) is 4.37. The second kappa shape index (κ2) is 3.14. The lowest BCUT2D eigenvalue weighted by Crippen LogP contribution is -1.83. The van der Waals surface area contributed by atoms with Crippen LogP contribution in [0.4, 0.5) is 4.39 Å². The van der Waals surface area contributed by atoms with Gasteiger partial charge in [0.05, 0.1) is 0 Å². The number of hydrogen-bond donors (Lipinski definition) is 0. The van der Waals surface area contributed by atoms with E-state index in [1.807, 2.05) is 51.2 Å². The minimum absolute atomic E-state index is 0.112. The summed E-state index contributed by atoms with van der Waals surface area (Å²) in [4.78, 5) is 0. The van der Waals surface area contributed by atoms with Crippen LogP contribution in [0.25, 0.3) is 0 Å². The maximum atomic E-state index is 12.7. The second-order valence-corrected chi connectivity index (χ2v) is 3.86. The highest BCUT2D eigenvalue weighted by molar-refractivity contribution is 14.1. The summed E-state index contributed by atoms with van der Waals surface area (Å²) in [6.07, 6.45) is 0. The summed E-state index contributed by atoms with van der Waals surface area (Å²) in [7, 11) is 0.